The molecule has 0 spiro atoms. The van der Waals surface area contributed by atoms with Crippen LogP contribution in [0.15, 0.2) is 24.3 Å². The van der Waals surface area contributed by atoms with Gasteiger partial charge in [-0.05, 0) is 18.6 Å². The minimum Gasteiger partial charge on any atom is -0.495 e. The lowest BCUT2D eigenvalue weighted by molar-refractivity contribution is -0.149. The summed E-state index contributed by atoms with van der Waals surface area (Å²) in [6.07, 6.45) is -0.296. The number of nitrogens with zero attached hydrogens (tertiary/aromatic N) is 3. The van der Waals surface area contributed by atoms with Crippen LogP contribution in [-0.4, -0.2) is 80.2 Å². The summed E-state index contributed by atoms with van der Waals surface area (Å²) in [5, 5.41) is 0. The van der Waals surface area contributed by atoms with E-state index in [0.29, 0.717) is 25.8 Å². The van der Waals surface area contributed by atoms with Gasteiger partial charge in [0.25, 0.3) is 0 Å². The Hall–Kier alpha value is -2.81. The topological polar surface area (TPSA) is 105 Å². The number of ether oxygens (including phenoxy) is 2. The molecule has 29 heavy (non-hydrogen) atoms. The molecule has 0 radical (unpaired) electrons. The van der Waals surface area contributed by atoms with E-state index in [1.807, 2.05) is 24.3 Å². The molecule has 2 fully saturated rings. The van der Waals surface area contributed by atoms with E-state index in [-0.39, 0.29) is 18.4 Å². The highest BCUT2D eigenvalue weighted by atomic mass is 16.6. The number of carbonyl (C=O) groups is 3. The number of imide groups is 1. The Balaban J connectivity index is 1.58. The number of hydrogen-bond acceptors (Lipinski definition) is 7. The fourth-order valence-electron chi connectivity index (χ4n) is 3.85. The zero-order valence-corrected chi connectivity index (χ0v) is 16.7. The smallest absolute Gasteiger partial charge is 0.404 e. The third-order valence-corrected chi connectivity index (χ3v) is 5.31. The maximum atomic E-state index is 12.1. The lowest BCUT2D eigenvalue weighted by atomic mass is 10.1. The molecule has 2 heterocycles. The SMILES string of the molecule is COc1ccccc1N1CCN(CC(CN2C(=O)CCCC2=O)OC(N)=O)CC1. The average Bonchev–Trinajstić information content (AvgIpc) is 2.71. The van der Waals surface area contributed by atoms with Crippen LogP contribution < -0.4 is 15.4 Å². The number of anilines is 1. The molecule has 2 N–H and O–H groups in total. The molecule has 0 aromatic heterocycles. The van der Waals surface area contributed by atoms with Crippen LogP contribution in [0.2, 0.25) is 0 Å². The number of piperazine rings is 1. The maximum absolute atomic E-state index is 12.1. The van der Waals surface area contributed by atoms with Crippen molar-refractivity contribution < 1.29 is 23.9 Å². The van der Waals surface area contributed by atoms with Gasteiger partial charge < -0.3 is 20.1 Å². The minimum atomic E-state index is -0.903. The number of amides is 3. The number of carbonyl (C=O) groups excluding carboxylic acids is 3. The molecule has 0 bridgehead atoms. The Labute approximate surface area is 170 Å². The van der Waals surface area contributed by atoms with Crippen LogP contribution in [0.3, 0.4) is 0 Å². The Morgan fingerprint density at radius 1 is 1.07 bits per heavy atom. The summed E-state index contributed by atoms with van der Waals surface area (Å²) in [5.74, 6) is 0.388. The molecule has 2 aliphatic rings. The number of methoxy groups -OCH3 is 1. The number of rotatable bonds is 7. The van der Waals surface area contributed by atoms with Gasteiger partial charge in [0.15, 0.2) is 0 Å². The molecular formula is C20H28N4O5. The van der Waals surface area contributed by atoms with Crippen LogP contribution in [-0.2, 0) is 14.3 Å². The molecular weight excluding hydrogens is 376 g/mol. The molecule has 1 aromatic rings. The van der Waals surface area contributed by atoms with Crippen molar-refractivity contribution in [3.8, 4) is 5.75 Å². The molecule has 2 aliphatic heterocycles. The summed E-state index contributed by atoms with van der Waals surface area (Å²) < 4.78 is 10.7. The van der Waals surface area contributed by atoms with Crippen LogP contribution in [0, 0.1) is 0 Å². The molecule has 1 unspecified atom stereocenters. The lowest BCUT2D eigenvalue weighted by Gasteiger charge is -2.38. The number of nitrogens with two attached hydrogens (primary N) is 1. The number of hydrogen-bond donors (Lipinski definition) is 1. The summed E-state index contributed by atoms with van der Waals surface area (Å²) >= 11 is 0. The second-order valence-electron chi connectivity index (χ2n) is 7.27. The van der Waals surface area contributed by atoms with Crippen molar-refractivity contribution in [3.63, 3.8) is 0 Å². The third-order valence-electron chi connectivity index (χ3n) is 5.31. The van der Waals surface area contributed by atoms with Crippen molar-refractivity contribution in [2.75, 3.05) is 51.3 Å². The molecule has 1 atom stereocenters. The zero-order valence-electron chi connectivity index (χ0n) is 16.7. The van der Waals surface area contributed by atoms with Gasteiger partial charge in [0, 0.05) is 45.6 Å². The van der Waals surface area contributed by atoms with Crippen LogP contribution in [0.1, 0.15) is 19.3 Å². The van der Waals surface area contributed by atoms with Crippen molar-refractivity contribution in [2.45, 2.75) is 25.4 Å². The summed E-state index contributed by atoms with van der Waals surface area (Å²) in [7, 11) is 1.66. The van der Waals surface area contributed by atoms with Crippen molar-refractivity contribution in [3.05, 3.63) is 24.3 Å². The third kappa shape index (κ3) is 5.38. The van der Waals surface area contributed by atoms with Gasteiger partial charge in [-0.1, -0.05) is 12.1 Å². The van der Waals surface area contributed by atoms with E-state index in [4.69, 9.17) is 15.2 Å². The normalized spacial score (nSPS) is 19.2. The lowest BCUT2D eigenvalue weighted by Crippen LogP contribution is -2.53. The molecule has 0 saturated carbocycles. The van der Waals surface area contributed by atoms with E-state index < -0.39 is 12.2 Å². The van der Waals surface area contributed by atoms with Crippen molar-refractivity contribution >= 4 is 23.6 Å². The standard InChI is InChI=1S/C20H28N4O5/c1-28-17-6-3-2-5-16(17)23-11-9-22(10-12-23)13-15(29-20(21)27)14-24-18(25)7-4-8-19(24)26/h2-3,5-6,15H,4,7-14H2,1H3,(H2,21,27). The van der Waals surface area contributed by atoms with Gasteiger partial charge in [0.05, 0.1) is 19.3 Å². The van der Waals surface area contributed by atoms with Crippen LogP contribution in [0.4, 0.5) is 10.5 Å². The number of likely N-dealkylation sites (tertiary alicyclic amines) is 1. The monoisotopic (exact) mass is 404 g/mol. The Kier molecular flexibility index (Phi) is 6.92. The highest BCUT2D eigenvalue weighted by Crippen LogP contribution is 2.28. The fourth-order valence-corrected chi connectivity index (χ4v) is 3.85. The first-order valence-electron chi connectivity index (χ1n) is 9.87. The molecule has 9 nitrogen and oxygen atoms in total. The number of benzene rings is 1. The number of para-hydroxylation sites is 2. The van der Waals surface area contributed by atoms with E-state index in [9.17, 15) is 14.4 Å². The predicted octanol–water partition coefficient (Wildman–Crippen LogP) is 0.820. The Morgan fingerprint density at radius 2 is 1.72 bits per heavy atom. The largest absolute Gasteiger partial charge is 0.495 e. The van der Waals surface area contributed by atoms with Gasteiger partial charge in [0.1, 0.15) is 11.9 Å². The Morgan fingerprint density at radius 3 is 2.34 bits per heavy atom. The van der Waals surface area contributed by atoms with E-state index in [1.54, 1.807) is 7.11 Å². The van der Waals surface area contributed by atoms with Crippen molar-refractivity contribution in [1.29, 1.82) is 0 Å². The summed E-state index contributed by atoms with van der Waals surface area (Å²) in [6, 6.07) is 7.88. The summed E-state index contributed by atoms with van der Waals surface area (Å²) in [6.45, 7) is 3.53. The van der Waals surface area contributed by atoms with Crippen LogP contribution in [0.25, 0.3) is 0 Å². The minimum absolute atomic E-state index is 0.0489. The van der Waals surface area contributed by atoms with E-state index in [0.717, 1.165) is 37.6 Å². The predicted molar refractivity (Wildman–Crippen MR) is 107 cm³/mol. The molecule has 158 valence electrons. The first-order valence-corrected chi connectivity index (χ1v) is 9.87. The van der Waals surface area contributed by atoms with Crippen LogP contribution >= 0.6 is 0 Å². The first-order chi connectivity index (χ1) is 14.0. The number of piperidine rings is 1. The summed E-state index contributed by atoms with van der Waals surface area (Å²) in [5.41, 5.74) is 6.26. The van der Waals surface area contributed by atoms with Gasteiger partial charge in [-0.2, -0.15) is 0 Å². The first kappa shape index (κ1) is 20.9. The van der Waals surface area contributed by atoms with Gasteiger partial charge in [-0.25, -0.2) is 4.79 Å². The number of primary amides is 1. The quantitative estimate of drug-likeness (QED) is 0.671. The highest BCUT2D eigenvalue weighted by molar-refractivity contribution is 5.97. The van der Waals surface area contributed by atoms with Gasteiger partial charge in [0.2, 0.25) is 11.8 Å². The zero-order chi connectivity index (χ0) is 20.8. The van der Waals surface area contributed by atoms with Crippen molar-refractivity contribution in [2.24, 2.45) is 5.73 Å². The maximum Gasteiger partial charge on any atom is 0.404 e. The second kappa shape index (κ2) is 9.60. The van der Waals surface area contributed by atoms with Gasteiger partial charge >= 0.3 is 6.09 Å². The fraction of sp³-hybridized carbons (Fsp3) is 0.550. The highest BCUT2D eigenvalue weighted by Gasteiger charge is 2.31. The van der Waals surface area contributed by atoms with Gasteiger partial charge in [-0.15, -0.1) is 0 Å². The molecule has 2 saturated heterocycles. The Bertz CT molecular complexity index is 732. The van der Waals surface area contributed by atoms with E-state index in [2.05, 4.69) is 9.80 Å². The second-order valence-corrected chi connectivity index (χ2v) is 7.27. The van der Waals surface area contributed by atoms with Gasteiger partial charge in [-0.3, -0.25) is 19.4 Å². The molecule has 3 rings (SSSR count). The van der Waals surface area contributed by atoms with E-state index in [1.165, 1.54) is 4.90 Å². The molecule has 9 heteroatoms. The summed E-state index contributed by atoms with van der Waals surface area (Å²) in [4.78, 5) is 41.1. The average molecular weight is 404 g/mol. The van der Waals surface area contributed by atoms with Crippen molar-refractivity contribution in [1.82, 2.24) is 9.80 Å². The molecule has 1 aromatic carbocycles. The molecule has 0 aliphatic carbocycles. The van der Waals surface area contributed by atoms with E-state index >= 15 is 0 Å². The van der Waals surface area contributed by atoms with Crippen LogP contribution in [0.5, 0.6) is 5.75 Å². The molecule has 3 amide bonds.